The van der Waals surface area contributed by atoms with E-state index in [0.29, 0.717) is 23.6 Å². The van der Waals surface area contributed by atoms with Gasteiger partial charge in [-0.3, -0.25) is 9.78 Å². The highest BCUT2D eigenvalue weighted by atomic mass is 16.5. The molecule has 0 aliphatic carbocycles. The van der Waals surface area contributed by atoms with E-state index in [9.17, 15) is 9.59 Å². The fraction of sp³-hybridized carbons (Fsp3) is 0.350. The van der Waals surface area contributed by atoms with Crippen LogP contribution >= 0.6 is 0 Å². The Bertz CT molecular complexity index is 760. The lowest BCUT2D eigenvalue weighted by Gasteiger charge is -2.11. The van der Waals surface area contributed by atoms with Crippen molar-refractivity contribution in [3.63, 3.8) is 0 Å². The van der Waals surface area contributed by atoms with Crippen LogP contribution in [-0.2, 0) is 4.74 Å². The molecule has 7 nitrogen and oxygen atoms in total. The van der Waals surface area contributed by atoms with Gasteiger partial charge in [0.15, 0.2) is 0 Å². The number of carbonyl (C=O) groups is 2. The molecule has 2 aromatic rings. The molecule has 2 N–H and O–H groups in total. The Morgan fingerprint density at radius 2 is 1.85 bits per heavy atom. The molecule has 0 spiro atoms. The first-order chi connectivity index (χ1) is 13.0. The number of benzene rings is 1. The summed E-state index contributed by atoms with van der Waals surface area (Å²) in [5.74, 6) is -0.694. The van der Waals surface area contributed by atoms with Crippen molar-refractivity contribution in [2.75, 3.05) is 44.4 Å². The maximum atomic E-state index is 12.4. The standard InChI is InChI=1S/C20H26N4O3/c1-4-27-20(26)15-6-8-16(9-7-15)23-19(25)18-14-17(10-12-22-18)21-11-5-13-24(2)3/h6-10,12,14H,4-5,11,13H2,1-3H3,(H,21,22)(H,23,25). The van der Waals surface area contributed by atoms with Crippen LogP contribution in [0, 0.1) is 0 Å². The van der Waals surface area contributed by atoms with Crippen molar-refractivity contribution in [3.8, 4) is 0 Å². The number of esters is 1. The quantitative estimate of drug-likeness (QED) is 0.522. The summed E-state index contributed by atoms with van der Waals surface area (Å²) < 4.78 is 4.94. The molecule has 0 fully saturated rings. The number of nitrogens with one attached hydrogen (secondary N) is 2. The molecule has 0 bridgehead atoms. The monoisotopic (exact) mass is 370 g/mol. The largest absolute Gasteiger partial charge is 0.462 e. The second kappa shape index (κ2) is 10.3. The summed E-state index contributed by atoms with van der Waals surface area (Å²) in [7, 11) is 4.07. The average Bonchev–Trinajstić information content (AvgIpc) is 2.66. The van der Waals surface area contributed by atoms with Gasteiger partial charge in [0.25, 0.3) is 5.91 Å². The molecule has 0 aliphatic rings. The van der Waals surface area contributed by atoms with Crippen molar-refractivity contribution in [1.82, 2.24) is 9.88 Å². The Labute approximate surface area is 159 Å². The first kappa shape index (κ1) is 20.4. The van der Waals surface area contributed by atoms with E-state index in [1.807, 2.05) is 20.2 Å². The van der Waals surface area contributed by atoms with Crippen molar-refractivity contribution in [1.29, 1.82) is 0 Å². The number of ether oxygens (including phenoxy) is 1. The van der Waals surface area contributed by atoms with Gasteiger partial charge in [-0.25, -0.2) is 4.79 Å². The molecule has 0 saturated carbocycles. The Kier molecular flexibility index (Phi) is 7.76. The molecule has 27 heavy (non-hydrogen) atoms. The number of rotatable bonds is 9. The van der Waals surface area contributed by atoms with Crippen LogP contribution < -0.4 is 10.6 Å². The van der Waals surface area contributed by atoms with Crippen LogP contribution in [0.3, 0.4) is 0 Å². The molecule has 1 amide bonds. The minimum absolute atomic E-state index is 0.309. The highest BCUT2D eigenvalue weighted by molar-refractivity contribution is 6.03. The maximum absolute atomic E-state index is 12.4. The van der Waals surface area contributed by atoms with Gasteiger partial charge in [0.1, 0.15) is 5.69 Å². The number of anilines is 2. The van der Waals surface area contributed by atoms with Crippen molar-refractivity contribution in [2.45, 2.75) is 13.3 Å². The van der Waals surface area contributed by atoms with E-state index in [2.05, 4.69) is 20.5 Å². The number of pyridine rings is 1. The van der Waals surface area contributed by atoms with Gasteiger partial charge in [-0.2, -0.15) is 0 Å². The van der Waals surface area contributed by atoms with Gasteiger partial charge in [0.2, 0.25) is 0 Å². The van der Waals surface area contributed by atoms with Crippen molar-refractivity contribution < 1.29 is 14.3 Å². The van der Waals surface area contributed by atoms with Crippen molar-refractivity contribution in [3.05, 3.63) is 53.9 Å². The molecular formula is C20H26N4O3. The predicted octanol–water partition coefficient (Wildman–Crippen LogP) is 2.87. The second-order valence-electron chi connectivity index (χ2n) is 6.27. The zero-order chi connectivity index (χ0) is 19.6. The topological polar surface area (TPSA) is 83.6 Å². The normalized spacial score (nSPS) is 10.5. The van der Waals surface area contributed by atoms with Crippen molar-refractivity contribution >= 4 is 23.3 Å². The predicted molar refractivity (Wildman–Crippen MR) is 106 cm³/mol. The summed E-state index contributed by atoms with van der Waals surface area (Å²) >= 11 is 0. The van der Waals surface area contributed by atoms with Crippen LogP contribution in [0.5, 0.6) is 0 Å². The molecule has 144 valence electrons. The van der Waals surface area contributed by atoms with Gasteiger partial charge < -0.3 is 20.3 Å². The third-order valence-electron chi connectivity index (χ3n) is 3.76. The second-order valence-corrected chi connectivity index (χ2v) is 6.27. The number of carbonyl (C=O) groups excluding carboxylic acids is 2. The van der Waals surface area contributed by atoms with E-state index < -0.39 is 0 Å². The lowest BCUT2D eigenvalue weighted by molar-refractivity contribution is 0.0526. The number of hydrogen-bond donors (Lipinski definition) is 2. The van der Waals surface area contributed by atoms with Crippen LogP contribution in [0.1, 0.15) is 34.2 Å². The number of aromatic nitrogens is 1. The van der Waals surface area contributed by atoms with E-state index in [-0.39, 0.29) is 11.9 Å². The lowest BCUT2D eigenvalue weighted by Crippen LogP contribution is -2.17. The van der Waals surface area contributed by atoms with E-state index in [0.717, 1.165) is 25.2 Å². The fourth-order valence-corrected chi connectivity index (χ4v) is 2.39. The van der Waals surface area contributed by atoms with Crippen LogP contribution in [0.4, 0.5) is 11.4 Å². The van der Waals surface area contributed by atoms with Gasteiger partial charge in [-0.15, -0.1) is 0 Å². The van der Waals surface area contributed by atoms with Crippen LogP contribution in [0.25, 0.3) is 0 Å². The third kappa shape index (κ3) is 6.71. The zero-order valence-corrected chi connectivity index (χ0v) is 16.0. The summed E-state index contributed by atoms with van der Waals surface area (Å²) in [5.41, 5.74) is 2.20. The van der Waals surface area contributed by atoms with Gasteiger partial charge in [-0.1, -0.05) is 0 Å². The SMILES string of the molecule is CCOC(=O)c1ccc(NC(=O)c2cc(NCCCN(C)C)ccn2)cc1. The van der Waals surface area contributed by atoms with Crippen LogP contribution in [0.15, 0.2) is 42.6 Å². The molecule has 0 saturated heterocycles. The number of nitrogens with zero attached hydrogens (tertiary/aromatic N) is 2. The van der Waals surface area contributed by atoms with Crippen LogP contribution in [0.2, 0.25) is 0 Å². The Balaban J connectivity index is 1.93. The first-order valence-corrected chi connectivity index (χ1v) is 8.92. The first-order valence-electron chi connectivity index (χ1n) is 8.92. The van der Waals surface area contributed by atoms with E-state index in [1.54, 1.807) is 43.5 Å². The molecule has 1 heterocycles. The molecule has 0 aliphatic heterocycles. The smallest absolute Gasteiger partial charge is 0.338 e. The number of hydrogen-bond acceptors (Lipinski definition) is 6. The van der Waals surface area contributed by atoms with E-state index in [4.69, 9.17) is 4.74 Å². The maximum Gasteiger partial charge on any atom is 0.338 e. The minimum atomic E-state index is -0.384. The van der Waals surface area contributed by atoms with Gasteiger partial charge in [-0.05, 0) is 70.4 Å². The van der Waals surface area contributed by atoms with Gasteiger partial charge >= 0.3 is 5.97 Å². The molecule has 0 radical (unpaired) electrons. The lowest BCUT2D eigenvalue weighted by atomic mass is 10.2. The van der Waals surface area contributed by atoms with Gasteiger partial charge in [0, 0.05) is 24.1 Å². The summed E-state index contributed by atoms with van der Waals surface area (Å²) in [6.07, 6.45) is 2.61. The third-order valence-corrected chi connectivity index (χ3v) is 3.76. The highest BCUT2D eigenvalue weighted by Gasteiger charge is 2.10. The fourth-order valence-electron chi connectivity index (χ4n) is 2.39. The molecule has 1 aromatic carbocycles. The molecular weight excluding hydrogens is 344 g/mol. The Hall–Kier alpha value is -2.93. The molecule has 1 aromatic heterocycles. The van der Waals surface area contributed by atoms with Crippen molar-refractivity contribution in [2.24, 2.45) is 0 Å². The average molecular weight is 370 g/mol. The zero-order valence-electron chi connectivity index (χ0n) is 16.0. The highest BCUT2D eigenvalue weighted by Crippen LogP contribution is 2.13. The summed E-state index contributed by atoms with van der Waals surface area (Å²) in [4.78, 5) is 30.3. The minimum Gasteiger partial charge on any atom is -0.462 e. The molecule has 2 rings (SSSR count). The Morgan fingerprint density at radius 1 is 1.11 bits per heavy atom. The van der Waals surface area contributed by atoms with E-state index >= 15 is 0 Å². The molecule has 0 unspecified atom stereocenters. The number of amides is 1. The summed E-state index contributed by atoms with van der Waals surface area (Å²) in [6, 6.07) is 10.1. The molecule has 0 atom stereocenters. The van der Waals surface area contributed by atoms with Crippen LogP contribution in [-0.4, -0.2) is 55.6 Å². The summed E-state index contributed by atoms with van der Waals surface area (Å²) in [6.45, 7) is 3.89. The van der Waals surface area contributed by atoms with Gasteiger partial charge in [0.05, 0.1) is 12.2 Å². The Morgan fingerprint density at radius 3 is 2.52 bits per heavy atom. The van der Waals surface area contributed by atoms with E-state index in [1.165, 1.54) is 0 Å². The molecule has 7 heteroatoms. The summed E-state index contributed by atoms with van der Waals surface area (Å²) in [5, 5.41) is 6.07.